The fourth-order valence-corrected chi connectivity index (χ4v) is 4.28. The van der Waals surface area contributed by atoms with E-state index in [1.807, 2.05) is 16.8 Å². The molecule has 0 saturated carbocycles. The van der Waals surface area contributed by atoms with Crippen molar-refractivity contribution in [2.45, 2.75) is 42.9 Å². The molecule has 0 aliphatic carbocycles. The summed E-state index contributed by atoms with van der Waals surface area (Å²) in [7, 11) is 0. The van der Waals surface area contributed by atoms with Crippen LogP contribution in [0.4, 0.5) is 8.78 Å². The van der Waals surface area contributed by atoms with Gasteiger partial charge < -0.3 is 0 Å². The average molecular weight is 371 g/mol. The highest BCUT2D eigenvalue weighted by molar-refractivity contribution is 7.98. The summed E-state index contributed by atoms with van der Waals surface area (Å²) in [6.07, 6.45) is 1.70. The number of aryl methyl sites for hydroxylation is 2. The van der Waals surface area contributed by atoms with E-state index in [-0.39, 0.29) is 5.92 Å². The van der Waals surface area contributed by atoms with Crippen LogP contribution in [0.25, 0.3) is 0 Å². The number of thioether (sulfide) groups is 1. The third kappa shape index (κ3) is 3.38. The van der Waals surface area contributed by atoms with Gasteiger partial charge in [0.15, 0.2) is 5.82 Å². The van der Waals surface area contributed by atoms with Gasteiger partial charge in [-0.3, -0.25) is 0 Å². The smallest absolute Gasteiger partial charge is 0.161 e. The summed E-state index contributed by atoms with van der Waals surface area (Å²) in [5, 5.41) is 4.61. The highest BCUT2D eigenvalue weighted by Crippen LogP contribution is 2.34. The minimum Gasteiger partial charge on any atom is -0.249 e. The third-order valence-corrected chi connectivity index (χ3v) is 5.88. The Labute approximate surface area is 155 Å². The van der Waals surface area contributed by atoms with E-state index in [0.717, 1.165) is 37.1 Å². The number of fused-ring (bicyclic) bond motifs is 1. The Hall–Kier alpha value is -2.21. The number of aromatic nitrogens is 3. The number of hydrogen-bond acceptors (Lipinski definition) is 3. The largest absolute Gasteiger partial charge is 0.249 e. The zero-order chi connectivity index (χ0) is 18.1. The quantitative estimate of drug-likeness (QED) is 0.599. The molecule has 2 heterocycles. The fourth-order valence-electron chi connectivity index (χ4n) is 3.40. The number of nitrogens with zero attached hydrogens (tertiary/aromatic N) is 3. The Kier molecular flexibility index (Phi) is 4.76. The van der Waals surface area contributed by atoms with Gasteiger partial charge in [0, 0.05) is 23.4 Å². The Bertz CT molecular complexity index is 939. The lowest BCUT2D eigenvalue weighted by molar-refractivity contribution is 0.435. The van der Waals surface area contributed by atoms with Crippen molar-refractivity contribution in [1.82, 2.24) is 14.8 Å². The van der Waals surface area contributed by atoms with E-state index in [1.165, 1.54) is 22.6 Å². The molecule has 0 N–H and O–H groups in total. The fraction of sp³-hybridized carbons (Fsp3) is 0.300. The first kappa shape index (κ1) is 17.2. The number of benzene rings is 2. The van der Waals surface area contributed by atoms with E-state index >= 15 is 0 Å². The molecular weight excluding hydrogens is 352 g/mol. The van der Waals surface area contributed by atoms with Crippen molar-refractivity contribution in [1.29, 1.82) is 0 Å². The molecule has 0 radical (unpaired) electrons. The van der Waals surface area contributed by atoms with Crippen LogP contribution in [0.5, 0.6) is 0 Å². The molecule has 1 aromatic heterocycles. The van der Waals surface area contributed by atoms with Gasteiger partial charge in [-0.25, -0.2) is 18.4 Å². The maximum absolute atomic E-state index is 14.2. The molecule has 134 valence electrons. The van der Waals surface area contributed by atoms with E-state index in [9.17, 15) is 8.78 Å². The van der Waals surface area contributed by atoms with E-state index in [2.05, 4.69) is 29.1 Å². The topological polar surface area (TPSA) is 30.7 Å². The molecule has 0 saturated heterocycles. The molecule has 4 rings (SSSR count). The molecule has 2 aromatic carbocycles. The van der Waals surface area contributed by atoms with Gasteiger partial charge in [-0.1, -0.05) is 24.3 Å². The SMILES string of the molecule is Cc1ccccc1SCc1nc2n(n1)CCCC2c1ccc(F)cc1F. The molecule has 6 heteroatoms. The van der Waals surface area contributed by atoms with Gasteiger partial charge in [-0.2, -0.15) is 5.10 Å². The van der Waals surface area contributed by atoms with Crippen LogP contribution in [0, 0.1) is 18.6 Å². The van der Waals surface area contributed by atoms with E-state index in [1.54, 1.807) is 11.8 Å². The maximum atomic E-state index is 14.2. The van der Waals surface area contributed by atoms with Crippen molar-refractivity contribution in [3.8, 4) is 0 Å². The molecule has 3 aromatic rings. The standard InChI is InChI=1S/C20H19F2N3S/c1-13-5-2-3-7-18(13)26-12-19-23-20-16(6-4-10-25(20)24-19)15-9-8-14(21)11-17(15)22/h2-3,5,7-9,11,16H,4,6,10,12H2,1H3. The predicted molar refractivity (Wildman–Crippen MR) is 98.2 cm³/mol. The number of hydrogen-bond donors (Lipinski definition) is 0. The Morgan fingerprint density at radius 2 is 2.04 bits per heavy atom. The van der Waals surface area contributed by atoms with Crippen LogP contribution in [0.2, 0.25) is 0 Å². The van der Waals surface area contributed by atoms with Crippen molar-refractivity contribution in [3.63, 3.8) is 0 Å². The lowest BCUT2D eigenvalue weighted by atomic mass is 9.91. The third-order valence-electron chi connectivity index (χ3n) is 4.71. The van der Waals surface area contributed by atoms with Gasteiger partial charge in [-0.05, 0) is 43.0 Å². The molecule has 1 aliphatic heterocycles. The molecule has 1 aliphatic rings. The summed E-state index contributed by atoms with van der Waals surface area (Å²) in [5.74, 6) is 0.962. The summed E-state index contributed by atoms with van der Waals surface area (Å²) in [5.41, 5.74) is 1.73. The van der Waals surface area contributed by atoms with Gasteiger partial charge in [0.25, 0.3) is 0 Å². The van der Waals surface area contributed by atoms with Crippen LogP contribution < -0.4 is 0 Å². The van der Waals surface area contributed by atoms with Crippen molar-refractivity contribution in [2.24, 2.45) is 0 Å². The molecular formula is C20H19F2N3S. The second kappa shape index (κ2) is 7.19. The second-order valence-electron chi connectivity index (χ2n) is 6.52. The molecule has 26 heavy (non-hydrogen) atoms. The van der Waals surface area contributed by atoms with Gasteiger partial charge in [0.05, 0.1) is 5.75 Å². The normalized spacial score (nSPS) is 16.5. The first-order valence-electron chi connectivity index (χ1n) is 8.69. The summed E-state index contributed by atoms with van der Waals surface area (Å²) in [6, 6.07) is 12.0. The molecule has 0 spiro atoms. The van der Waals surface area contributed by atoms with E-state index < -0.39 is 11.6 Å². The van der Waals surface area contributed by atoms with Gasteiger partial charge in [0.1, 0.15) is 17.5 Å². The first-order valence-corrected chi connectivity index (χ1v) is 9.67. The van der Waals surface area contributed by atoms with Crippen LogP contribution >= 0.6 is 11.8 Å². The summed E-state index contributed by atoms with van der Waals surface area (Å²) in [4.78, 5) is 5.90. The Morgan fingerprint density at radius 3 is 2.85 bits per heavy atom. The van der Waals surface area contributed by atoms with Crippen molar-refractivity contribution in [2.75, 3.05) is 0 Å². The zero-order valence-corrected chi connectivity index (χ0v) is 15.3. The van der Waals surface area contributed by atoms with Crippen molar-refractivity contribution in [3.05, 3.63) is 76.9 Å². The lowest BCUT2D eigenvalue weighted by Crippen LogP contribution is -2.18. The van der Waals surface area contributed by atoms with Crippen molar-refractivity contribution < 1.29 is 8.78 Å². The summed E-state index contributed by atoms with van der Waals surface area (Å²) in [6.45, 7) is 2.87. The van der Waals surface area contributed by atoms with E-state index in [0.29, 0.717) is 11.3 Å². The zero-order valence-electron chi connectivity index (χ0n) is 14.5. The minimum absolute atomic E-state index is 0.172. The van der Waals surface area contributed by atoms with Crippen LogP contribution in [0.1, 0.15) is 41.5 Å². The monoisotopic (exact) mass is 371 g/mol. The summed E-state index contributed by atoms with van der Waals surface area (Å²) < 4.78 is 29.4. The average Bonchev–Trinajstić information content (AvgIpc) is 3.04. The first-order chi connectivity index (χ1) is 12.6. The molecule has 0 amide bonds. The van der Waals surface area contributed by atoms with Gasteiger partial charge in [0.2, 0.25) is 0 Å². The van der Waals surface area contributed by atoms with Crippen LogP contribution in [0.15, 0.2) is 47.4 Å². The number of rotatable bonds is 4. The molecule has 1 atom stereocenters. The van der Waals surface area contributed by atoms with Gasteiger partial charge in [-0.15, -0.1) is 11.8 Å². The second-order valence-corrected chi connectivity index (χ2v) is 7.54. The Morgan fingerprint density at radius 1 is 1.19 bits per heavy atom. The maximum Gasteiger partial charge on any atom is 0.161 e. The van der Waals surface area contributed by atoms with Gasteiger partial charge >= 0.3 is 0 Å². The molecule has 1 unspecified atom stereocenters. The van der Waals surface area contributed by atoms with E-state index in [4.69, 9.17) is 0 Å². The number of halogens is 2. The van der Waals surface area contributed by atoms with Crippen LogP contribution in [0.3, 0.4) is 0 Å². The van der Waals surface area contributed by atoms with Crippen LogP contribution in [-0.2, 0) is 12.3 Å². The van der Waals surface area contributed by atoms with Crippen molar-refractivity contribution >= 4 is 11.8 Å². The highest BCUT2D eigenvalue weighted by Gasteiger charge is 2.28. The molecule has 3 nitrogen and oxygen atoms in total. The molecule has 0 bridgehead atoms. The minimum atomic E-state index is -0.557. The summed E-state index contributed by atoms with van der Waals surface area (Å²) >= 11 is 1.70. The predicted octanol–water partition coefficient (Wildman–Crippen LogP) is 5.08. The van der Waals surface area contributed by atoms with Crippen LogP contribution in [-0.4, -0.2) is 14.8 Å². The molecule has 0 fully saturated rings. The Balaban J connectivity index is 1.58. The lowest BCUT2D eigenvalue weighted by Gasteiger charge is -2.22. The highest BCUT2D eigenvalue weighted by atomic mass is 32.2.